The Hall–Kier alpha value is 0.0800. The number of hydrogen-bond acceptors (Lipinski definition) is 5. The highest BCUT2D eigenvalue weighted by molar-refractivity contribution is 7.80. The van der Waals surface area contributed by atoms with Crippen molar-refractivity contribution in [1.82, 2.24) is 5.32 Å². The van der Waals surface area contributed by atoms with Gasteiger partial charge in [-0.25, -0.2) is 8.42 Å². The van der Waals surface area contributed by atoms with E-state index in [0.29, 0.717) is 0 Å². The summed E-state index contributed by atoms with van der Waals surface area (Å²) in [5, 5.41) is 2.75. The van der Waals surface area contributed by atoms with E-state index in [4.69, 9.17) is 0 Å². The van der Waals surface area contributed by atoms with E-state index in [1.807, 2.05) is 14.1 Å². The maximum atomic E-state index is 9.22. The van der Waals surface area contributed by atoms with Crippen LogP contribution in [0, 0.1) is 0 Å². The van der Waals surface area contributed by atoms with Crippen LogP contribution in [0.2, 0.25) is 0 Å². The molecular formula is C37H83ClN2O4S. The molecule has 45 heavy (non-hydrogen) atoms. The fourth-order valence-corrected chi connectivity index (χ4v) is 5.58. The van der Waals surface area contributed by atoms with Gasteiger partial charge in [-0.05, 0) is 39.8 Å². The molecule has 0 unspecified atom stereocenters. The molecular weight excluding hydrogens is 604 g/mol. The van der Waals surface area contributed by atoms with Crippen molar-refractivity contribution >= 4 is 22.8 Å². The highest BCUT2D eigenvalue weighted by Gasteiger charge is 2.13. The molecule has 0 aliphatic carbocycles. The Kier molecular flexibility index (Phi) is 48.6. The predicted octanol–water partition coefficient (Wildman–Crippen LogP) is 11.4. The van der Waals surface area contributed by atoms with Crippen molar-refractivity contribution in [3.8, 4) is 0 Å². The molecule has 0 spiro atoms. The molecule has 0 amide bonds. The molecule has 0 aromatic carbocycles. The minimum Gasteiger partial charge on any atom is -0.726 e. The zero-order valence-electron chi connectivity index (χ0n) is 31.6. The van der Waals surface area contributed by atoms with Crippen LogP contribution in [0.15, 0.2) is 0 Å². The van der Waals surface area contributed by atoms with Gasteiger partial charge in [-0.15, -0.1) is 12.4 Å². The lowest BCUT2D eigenvalue weighted by Gasteiger charge is -2.30. The number of nitrogens with zero attached hydrogens (tertiary/aromatic N) is 1. The monoisotopic (exact) mass is 687 g/mol. The van der Waals surface area contributed by atoms with Crippen LogP contribution in [0.3, 0.4) is 0 Å². The van der Waals surface area contributed by atoms with Crippen LogP contribution in [0.25, 0.3) is 0 Å². The van der Waals surface area contributed by atoms with Crippen molar-refractivity contribution in [3.63, 3.8) is 0 Å². The standard InChI is InChI=1S/C34H72N.C2H7N.CH4O4S.ClH/c1-5-7-9-11-13-15-17-19-21-23-25-27-29-31-33-35(3,4)34-32-30-28-26-24-22-20-18-16-14-12-10-8-6-2;1-3-2;1-5-6(2,3)4;/h5-34H2,1-4H3;3H,1-2H3;1H3,(H,2,3,4);1H/q+1;;;/p-1. The fraction of sp³-hybridized carbons (Fsp3) is 1.00. The van der Waals surface area contributed by atoms with Crippen molar-refractivity contribution < 1.29 is 21.6 Å². The van der Waals surface area contributed by atoms with Gasteiger partial charge in [0, 0.05) is 0 Å². The SMILES string of the molecule is CCCCCCCCCCCCCCCC[N+](C)(C)CCCCCCCCCCCCCCCC.CNC.COS(=O)(=O)[O-].Cl. The summed E-state index contributed by atoms with van der Waals surface area (Å²) in [6, 6.07) is 0. The Bertz CT molecular complexity index is 588. The first kappa shape index (κ1) is 51.9. The van der Waals surface area contributed by atoms with E-state index in [-0.39, 0.29) is 12.4 Å². The first-order chi connectivity index (χ1) is 21.1. The molecule has 0 aliphatic rings. The smallest absolute Gasteiger partial charge is 0.217 e. The predicted molar refractivity (Wildman–Crippen MR) is 201 cm³/mol. The van der Waals surface area contributed by atoms with Crippen molar-refractivity contribution in [2.75, 3.05) is 48.4 Å². The molecule has 0 aliphatic heterocycles. The Balaban J connectivity index is -0.000000733. The summed E-state index contributed by atoms with van der Waals surface area (Å²) in [6.07, 6.45) is 40.9. The zero-order chi connectivity index (χ0) is 33.6. The maximum Gasteiger partial charge on any atom is 0.217 e. The van der Waals surface area contributed by atoms with Gasteiger partial charge < -0.3 is 14.4 Å². The molecule has 0 saturated carbocycles. The van der Waals surface area contributed by atoms with Gasteiger partial charge in [-0.3, -0.25) is 4.18 Å². The third-order valence-electron chi connectivity index (χ3n) is 8.44. The number of unbranched alkanes of at least 4 members (excludes halogenated alkanes) is 26. The van der Waals surface area contributed by atoms with E-state index < -0.39 is 10.4 Å². The lowest BCUT2D eigenvalue weighted by atomic mass is 10.0. The van der Waals surface area contributed by atoms with Crippen LogP contribution >= 0.6 is 12.4 Å². The molecule has 0 rings (SSSR count). The molecule has 0 bridgehead atoms. The molecule has 0 radical (unpaired) electrons. The first-order valence-corrected chi connectivity index (χ1v) is 20.3. The lowest BCUT2D eigenvalue weighted by Crippen LogP contribution is -2.41. The van der Waals surface area contributed by atoms with Gasteiger partial charge in [0.25, 0.3) is 0 Å². The van der Waals surface area contributed by atoms with Crippen molar-refractivity contribution in [1.29, 1.82) is 0 Å². The number of rotatable bonds is 31. The normalized spacial score (nSPS) is 11.3. The summed E-state index contributed by atoms with van der Waals surface area (Å²) in [7, 11) is 5.07. The zero-order valence-corrected chi connectivity index (χ0v) is 33.2. The quantitative estimate of drug-likeness (QED) is 0.0340. The van der Waals surface area contributed by atoms with E-state index in [0.717, 1.165) is 7.11 Å². The Morgan fingerprint density at radius 2 is 0.644 bits per heavy atom. The third kappa shape index (κ3) is 56.8. The van der Waals surface area contributed by atoms with Crippen molar-refractivity contribution in [3.05, 3.63) is 0 Å². The molecule has 0 aromatic rings. The van der Waals surface area contributed by atoms with E-state index >= 15 is 0 Å². The van der Waals surface area contributed by atoms with Crippen molar-refractivity contribution in [2.24, 2.45) is 0 Å². The molecule has 0 atom stereocenters. The highest BCUT2D eigenvalue weighted by Crippen LogP contribution is 2.15. The topological polar surface area (TPSA) is 78.5 Å². The summed E-state index contributed by atoms with van der Waals surface area (Å²) in [5.41, 5.74) is 0. The molecule has 8 heteroatoms. The number of nitrogens with one attached hydrogen (secondary N) is 1. The second-order valence-corrected chi connectivity index (χ2v) is 14.8. The summed E-state index contributed by atoms with van der Waals surface area (Å²) in [5.74, 6) is 0. The summed E-state index contributed by atoms with van der Waals surface area (Å²) >= 11 is 0. The molecule has 278 valence electrons. The van der Waals surface area contributed by atoms with Crippen molar-refractivity contribution in [2.45, 2.75) is 194 Å². The molecule has 1 N–H and O–H groups in total. The van der Waals surface area contributed by atoms with E-state index in [1.54, 1.807) is 0 Å². The highest BCUT2D eigenvalue weighted by atomic mass is 35.5. The Labute approximate surface area is 291 Å². The Morgan fingerprint density at radius 3 is 0.800 bits per heavy atom. The van der Waals surface area contributed by atoms with Gasteiger partial charge in [0.15, 0.2) is 0 Å². The fourth-order valence-electron chi connectivity index (χ4n) is 5.58. The first-order valence-electron chi connectivity index (χ1n) is 19.0. The van der Waals surface area contributed by atoms with Crippen LogP contribution in [0.5, 0.6) is 0 Å². The van der Waals surface area contributed by atoms with Gasteiger partial charge in [0.05, 0.1) is 34.3 Å². The molecule has 0 fully saturated rings. The lowest BCUT2D eigenvalue weighted by molar-refractivity contribution is -0.890. The minimum absolute atomic E-state index is 0. The largest absolute Gasteiger partial charge is 0.726 e. The summed E-state index contributed by atoms with van der Waals surface area (Å²) in [4.78, 5) is 0. The average Bonchev–Trinajstić information content (AvgIpc) is 2.98. The van der Waals surface area contributed by atoms with E-state index in [2.05, 4.69) is 37.4 Å². The number of halogens is 1. The van der Waals surface area contributed by atoms with Crippen LogP contribution in [0.4, 0.5) is 0 Å². The second-order valence-electron chi connectivity index (χ2n) is 13.7. The molecule has 6 nitrogen and oxygen atoms in total. The van der Waals surface area contributed by atoms with E-state index in [9.17, 15) is 13.0 Å². The second kappa shape index (κ2) is 42.1. The Morgan fingerprint density at radius 1 is 0.489 bits per heavy atom. The van der Waals surface area contributed by atoms with Gasteiger partial charge >= 0.3 is 0 Å². The minimum atomic E-state index is -4.41. The summed E-state index contributed by atoms with van der Waals surface area (Å²) < 4.78 is 32.3. The molecule has 0 aromatic heterocycles. The van der Waals surface area contributed by atoms with Crippen LogP contribution in [-0.4, -0.2) is 65.8 Å². The van der Waals surface area contributed by atoms with Crippen LogP contribution < -0.4 is 5.32 Å². The average molecular weight is 688 g/mol. The maximum absolute atomic E-state index is 9.22. The van der Waals surface area contributed by atoms with Crippen LogP contribution in [-0.2, 0) is 14.6 Å². The van der Waals surface area contributed by atoms with Crippen LogP contribution in [0.1, 0.15) is 194 Å². The van der Waals surface area contributed by atoms with Gasteiger partial charge in [-0.2, -0.15) is 0 Å². The van der Waals surface area contributed by atoms with E-state index in [1.165, 1.54) is 197 Å². The molecule has 0 heterocycles. The van der Waals surface area contributed by atoms with Gasteiger partial charge in [0.2, 0.25) is 10.4 Å². The number of quaternary nitrogens is 1. The summed E-state index contributed by atoms with van der Waals surface area (Å²) in [6.45, 7) is 7.38. The third-order valence-corrected chi connectivity index (χ3v) is 8.85. The molecule has 0 saturated heterocycles. The van der Waals surface area contributed by atoms with Gasteiger partial charge in [-0.1, -0.05) is 168 Å². The number of hydrogen-bond donors (Lipinski definition) is 1. The van der Waals surface area contributed by atoms with Gasteiger partial charge in [0.1, 0.15) is 0 Å².